The maximum Gasteiger partial charge on any atom is 0.307 e. The van der Waals surface area contributed by atoms with E-state index in [4.69, 9.17) is 19.2 Å². The number of fused-ring (bicyclic) bond motifs is 5. The van der Waals surface area contributed by atoms with Crippen LogP contribution in [0.3, 0.4) is 0 Å². The van der Waals surface area contributed by atoms with Gasteiger partial charge < -0.3 is 19.1 Å². The van der Waals surface area contributed by atoms with Crippen molar-refractivity contribution in [3.8, 4) is 11.6 Å². The van der Waals surface area contributed by atoms with Gasteiger partial charge in [-0.3, -0.25) is 23.9 Å². The van der Waals surface area contributed by atoms with E-state index in [2.05, 4.69) is 11.6 Å². The van der Waals surface area contributed by atoms with Crippen molar-refractivity contribution in [2.75, 3.05) is 13.2 Å². The Morgan fingerprint density at radius 2 is 1.84 bits per heavy atom. The molecule has 1 saturated heterocycles. The quantitative estimate of drug-likeness (QED) is 0.227. The number of ether oxygens (including phenoxy) is 3. The van der Waals surface area contributed by atoms with Crippen molar-refractivity contribution in [3.63, 3.8) is 0 Å². The van der Waals surface area contributed by atoms with E-state index in [1.807, 2.05) is 43.3 Å². The fourth-order valence-corrected chi connectivity index (χ4v) is 10.5. The number of nitrogens with zero attached hydrogens (tertiary/aromatic N) is 2. The Bertz CT molecular complexity index is 2050. The van der Waals surface area contributed by atoms with Crippen LogP contribution in [0.2, 0.25) is 0 Å². The number of hydrogen-bond donors (Lipinski definition) is 1. The van der Waals surface area contributed by atoms with Crippen LogP contribution in [0, 0.1) is 29.1 Å². The Labute approximate surface area is 336 Å². The lowest BCUT2D eigenvalue weighted by Gasteiger charge is -2.33. The summed E-state index contributed by atoms with van der Waals surface area (Å²) in [6, 6.07) is 6.76. The second-order valence-corrected chi connectivity index (χ2v) is 20.8. The van der Waals surface area contributed by atoms with Gasteiger partial charge in [0.1, 0.15) is 17.5 Å². The molecule has 2 aromatic rings. The van der Waals surface area contributed by atoms with E-state index >= 15 is 4.79 Å². The number of benzene rings is 1. The van der Waals surface area contributed by atoms with Crippen molar-refractivity contribution in [1.82, 2.24) is 14.6 Å². The molecule has 2 saturated carbocycles. The molecule has 5 aliphatic rings. The largest absolute Gasteiger partial charge is 0.491 e. The minimum absolute atomic E-state index is 0.0743. The molecule has 13 heteroatoms. The number of nitrogens with one attached hydrogen (secondary N) is 1. The Kier molecular flexibility index (Phi) is 11.3. The topological polar surface area (TPSA) is 158 Å². The first kappa shape index (κ1) is 41.2. The summed E-state index contributed by atoms with van der Waals surface area (Å²) >= 11 is 0. The summed E-state index contributed by atoms with van der Waals surface area (Å²) < 4.78 is 46.4. The second kappa shape index (κ2) is 15.6. The third kappa shape index (κ3) is 8.59. The van der Waals surface area contributed by atoms with Gasteiger partial charge in [0.2, 0.25) is 27.7 Å². The molecule has 7 rings (SSSR count). The number of esters is 1. The molecule has 4 heterocycles. The van der Waals surface area contributed by atoms with E-state index in [0.29, 0.717) is 44.6 Å². The number of ketones is 1. The van der Waals surface area contributed by atoms with Crippen LogP contribution in [0.5, 0.6) is 11.6 Å². The number of Topliss-reactive ketones (excluding diaryl/α,β-unsaturated/α-hetero) is 1. The first-order chi connectivity index (χ1) is 26.9. The van der Waals surface area contributed by atoms with Gasteiger partial charge in [-0.25, -0.2) is 13.4 Å². The van der Waals surface area contributed by atoms with Gasteiger partial charge in [-0.2, -0.15) is 0 Å². The fourth-order valence-electron chi connectivity index (χ4n) is 9.15. The molecule has 3 fully saturated rings. The van der Waals surface area contributed by atoms with E-state index in [1.165, 1.54) is 0 Å². The van der Waals surface area contributed by atoms with Crippen molar-refractivity contribution < 1.29 is 41.8 Å². The zero-order valence-corrected chi connectivity index (χ0v) is 35.1. The molecule has 2 amide bonds. The second-order valence-electron chi connectivity index (χ2n) is 18.6. The van der Waals surface area contributed by atoms with Crippen molar-refractivity contribution >= 4 is 44.4 Å². The highest BCUT2D eigenvalue weighted by atomic mass is 32.2. The molecule has 0 bridgehead atoms. The lowest BCUT2D eigenvalue weighted by molar-refractivity contribution is -0.160. The number of allylic oxidation sites excluding steroid dienone is 2. The van der Waals surface area contributed by atoms with Crippen molar-refractivity contribution in [1.29, 1.82) is 0 Å². The van der Waals surface area contributed by atoms with Crippen molar-refractivity contribution in [2.45, 2.75) is 141 Å². The van der Waals surface area contributed by atoms with E-state index in [-0.39, 0.29) is 55.3 Å². The van der Waals surface area contributed by atoms with Gasteiger partial charge in [-0.15, -0.1) is 0 Å². The van der Waals surface area contributed by atoms with Gasteiger partial charge in [0.05, 0.1) is 47.4 Å². The summed E-state index contributed by atoms with van der Waals surface area (Å²) in [5.74, 6) is -1.66. The Morgan fingerprint density at radius 1 is 1.11 bits per heavy atom. The Balaban J connectivity index is 1.25. The lowest BCUT2D eigenvalue weighted by atomic mass is 9.79. The lowest BCUT2D eigenvalue weighted by Crippen LogP contribution is -2.48. The summed E-state index contributed by atoms with van der Waals surface area (Å²) in [7, 11) is -3.95. The van der Waals surface area contributed by atoms with Crippen LogP contribution >= 0.6 is 0 Å². The summed E-state index contributed by atoms with van der Waals surface area (Å²) in [6.07, 6.45) is 8.87. The number of carbonyl (C=O) groups is 4. The van der Waals surface area contributed by atoms with Crippen LogP contribution < -0.4 is 14.2 Å². The molecule has 12 nitrogen and oxygen atoms in total. The third-order valence-electron chi connectivity index (χ3n) is 12.9. The monoisotopic (exact) mass is 805 g/mol. The average molecular weight is 806 g/mol. The molecule has 7 atom stereocenters. The van der Waals surface area contributed by atoms with Gasteiger partial charge in [-0.1, -0.05) is 50.6 Å². The van der Waals surface area contributed by atoms with Crippen LogP contribution in [-0.2, 0) is 40.4 Å². The highest BCUT2D eigenvalue weighted by Gasteiger charge is 2.62. The smallest absolute Gasteiger partial charge is 0.307 e. The number of amides is 2. The number of rotatable bonds is 8. The van der Waals surface area contributed by atoms with Gasteiger partial charge in [-0.05, 0) is 103 Å². The molecule has 2 aliphatic carbocycles. The molecule has 1 aromatic heterocycles. The Morgan fingerprint density at radius 3 is 2.54 bits per heavy atom. The molecule has 0 spiro atoms. The number of hydrogen-bond acceptors (Lipinski definition) is 10. The summed E-state index contributed by atoms with van der Waals surface area (Å²) in [5.41, 5.74) is -1.21. The predicted octanol–water partition coefficient (Wildman–Crippen LogP) is 6.62. The first-order valence-electron chi connectivity index (χ1n) is 20.9. The molecule has 310 valence electrons. The normalized spacial score (nSPS) is 30.7. The standard InChI is InChI=1S/C44H59N3O9S/c1-7-28-21-27(2)13-8-9-14-29-24-44(29,41(51)46-57(52,53)43(6)18-19-43)25-36(48)35-22-30(26-47(35)40(50)33(28)23-37(49)56-42(3,4)5)55-39-32-16-11-10-15-31(32)38-34(45-39)17-12-20-54-38/h9-11,14-16,27-30,33,35H,7-8,12-13,17-26H2,1-6H3,(H,46,51)/b14-9-/t27-,28-,29-,30-,33?,35+,44-/m1/s1. The zero-order valence-electron chi connectivity index (χ0n) is 34.3. The molecule has 0 radical (unpaired) electrons. The zero-order chi connectivity index (χ0) is 40.9. The van der Waals surface area contributed by atoms with Gasteiger partial charge in [0, 0.05) is 23.6 Å². The maximum absolute atomic E-state index is 15.1. The number of pyridine rings is 1. The summed E-state index contributed by atoms with van der Waals surface area (Å²) in [5, 5.41) is 1.64. The van der Waals surface area contributed by atoms with Gasteiger partial charge in [0.25, 0.3) is 0 Å². The Hall–Kier alpha value is -4.00. The fraction of sp³-hybridized carbons (Fsp3) is 0.659. The van der Waals surface area contributed by atoms with Crippen LogP contribution in [0.4, 0.5) is 0 Å². The number of sulfonamides is 1. The number of aromatic nitrogens is 1. The van der Waals surface area contributed by atoms with E-state index in [9.17, 15) is 22.8 Å². The minimum atomic E-state index is -3.95. The van der Waals surface area contributed by atoms with Crippen molar-refractivity contribution in [2.24, 2.45) is 29.1 Å². The highest BCUT2D eigenvalue weighted by molar-refractivity contribution is 7.91. The van der Waals surface area contributed by atoms with E-state index in [1.54, 1.807) is 32.6 Å². The maximum atomic E-state index is 15.1. The molecule has 1 unspecified atom stereocenters. The molecule has 1 aromatic carbocycles. The molecule has 3 aliphatic heterocycles. The van der Waals surface area contributed by atoms with E-state index < -0.39 is 55.7 Å². The summed E-state index contributed by atoms with van der Waals surface area (Å²) in [4.78, 5) is 63.9. The van der Waals surface area contributed by atoms with Crippen molar-refractivity contribution in [3.05, 3.63) is 42.1 Å². The molecular weight excluding hydrogens is 747 g/mol. The van der Waals surface area contributed by atoms with Crippen LogP contribution in [0.25, 0.3) is 10.8 Å². The first-order valence-corrected chi connectivity index (χ1v) is 22.4. The third-order valence-corrected chi connectivity index (χ3v) is 15.1. The molecular formula is C44H59N3O9S. The van der Waals surface area contributed by atoms with Crippen LogP contribution in [0.1, 0.15) is 118 Å². The highest BCUT2D eigenvalue weighted by Crippen LogP contribution is 2.58. The number of carbonyl (C=O) groups excluding carboxylic acids is 4. The summed E-state index contributed by atoms with van der Waals surface area (Å²) in [6.45, 7) is 11.9. The van der Waals surface area contributed by atoms with E-state index in [0.717, 1.165) is 47.9 Å². The number of aryl methyl sites for hydroxylation is 1. The average Bonchev–Trinajstić information content (AvgIpc) is 4.04. The van der Waals surface area contributed by atoms with Crippen LogP contribution in [-0.4, -0.2) is 77.5 Å². The molecule has 1 N–H and O–H groups in total. The van der Waals surface area contributed by atoms with Crippen LogP contribution in [0.15, 0.2) is 36.4 Å². The van der Waals surface area contributed by atoms with Gasteiger partial charge >= 0.3 is 5.97 Å². The SMILES string of the molecule is CC[C@@H]1C[C@H](C)CC/C=C\[C@@H]2C[C@@]2(C(=O)NS(=O)(=O)C2(C)CC2)CC(=O)[C@@H]2C[C@@H](Oc3nc4c(c5ccccc35)OCCC4)CN2C(=O)C1CC(=O)OC(C)(C)C. The molecule has 57 heavy (non-hydrogen) atoms. The van der Waals surface area contributed by atoms with Gasteiger partial charge in [0.15, 0.2) is 5.78 Å². The predicted molar refractivity (Wildman–Crippen MR) is 215 cm³/mol. The minimum Gasteiger partial charge on any atom is -0.491 e.